The lowest BCUT2D eigenvalue weighted by Crippen LogP contribution is -2.05. The second-order valence-electron chi connectivity index (χ2n) is 6.03. The normalized spacial score (nSPS) is 10.5. The van der Waals surface area contributed by atoms with Gasteiger partial charge in [0.25, 0.3) is 0 Å². The molecule has 3 rings (SSSR count). The zero-order valence-electron chi connectivity index (χ0n) is 14.9. The van der Waals surface area contributed by atoms with Crippen LogP contribution in [0.4, 0.5) is 8.78 Å². The van der Waals surface area contributed by atoms with Crippen LogP contribution in [0.5, 0.6) is 17.2 Å². The molecule has 0 aliphatic carbocycles. The molecule has 0 aliphatic heterocycles. The minimum Gasteiger partial charge on any atom is -0.488 e. The Kier molecular flexibility index (Phi) is 6.22. The molecule has 0 bridgehead atoms. The van der Waals surface area contributed by atoms with Crippen molar-refractivity contribution < 1.29 is 28.2 Å². The van der Waals surface area contributed by atoms with E-state index >= 15 is 0 Å². The van der Waals surface area contributed by atoms with Gasteiger partial charge in [-0.25, -0.2) is 8.78 Å². The maximum Gasteiger partial charge on any atom is 0.303 e. The number of hydrogen-bond donors (Lipinski definition) is 1. The molecule has 0 spiro atoms. The van der Waals surface area contributed by atoms with E-state index in [1.807, 2.05) is 18.2 Å². The van der Waals surface area contributed by atoms with Gasteiger partial charge in [0.05, 0.1) is 6.61 Å². The van der Waals surface area contributed by atoms with Crippen LogP contribution >= 0.6 is 0 Å². The zero-order valence-corrected chi connectivity index (χ0v) is 14.9. The van der Waals surface area contributed by atoms with Crippen molar-refractivity contribution in [3.8, 4) is 28.4 Å². The highest BCUT2D eigenvalue weighted by Crippen LogP contribution is 2.36. The van der Waals surface area contributed by atoms with E-state index in [1.54, 1.807) is 36.4 Å². The molecule has 28 heavy (non-hydrogen) atoms. The molecule has 3 aromatic carbocycles. The van der Waals surface area contributed by atoms with Crippen molar-refractivity contribution in [3.05, 3.63) is 78.4 Å². The van der Waals surface area contributed by atoms with Crippen molar-refractivity contribution in [2.45, 2.75) is 12.8 Å². The second-order valence-corrected chi connectivity index (χ2v) is 6.03. The highest BCUT2D eigenvalue weighted by atomic mass is 19.1. The molecule has 4 nitrogen and oxygen atoms in total. The van der Waals surface area contributed by atoms with Gasteiger partial charge >= 0.3 is 5.97 Å². The van der Waals surface area contributed by atoms with Crippen LogP contribution in [0, 0.1) is 11.6 Å². The third-order valence-electron chi connectivity index (χ3n) is 3.95. The van der Waals surface area contributed by atoms with E-state index < -0.39 is 23.4 Å². The van der Waals surface area contributed by atoms with Crippen LogP contribution in [0.15, 0.2) is 66.7 Å². The lowest BCUT2D eigenvalue weighted by molar-refractivity contribution is -0.137. The van der Waals surface area contributed by atoms with Crippen molar-refractivity contribution in [3.63, 3.8) is 0 Å². The highest BCUT2D eigenvalue weighted by Gasteiger charge is 2.16. The number of ether oxygens (including phenoxy) is 2. The molecule has 0 saturated heterocycles. The van der Waals surface area contributed by atoms with Crippen molar-refractivity contribution >= 4 is 5.97 Å². The Bertz CT molecular complexity index is 935. The zero-order chi connectivity index (χ0) is 19.9. The van der Waals surface area contributed by atoms with Gasteiger partial charge in [-0.05, 0) is 42.3 Å². The molecule has 0 radical (unpaired) electrons. The number of rotatable bonds is 8. The summed E-state index contributed by atoms with van der Waals surface area (Å²) in [5, 5.41) is 8.60. The summed E-state index contributed by atoms with van der Waals surface area (Å²) in [6.45, 7) is -0.0901. The summed E-state index contributed by atoms with van der Waals surface area (Å²) in [5.74, 6) is -2.16. The molecule has 0 heterocycles. The smallest absolute Gasteiger partial charge is 0.303 e. The van der Waals surface area contributed by atoms with Crippen LogP contribution in [0.25, 0.3) is 11.1 Å². The number of para-hydroxylation sites is 2. The fourth-order valence-electron chi connectivity index (χ4n) is 2.66. The van der Waals surface area contributed by atoms with E-state index in [1.165, 1.54) is 12.1 Å². The molecule has 0 fully saturated rings. The SMILES string of the molecule is O=C(O)CCCOc1c(F)cc(-c2ccccc2Oc2ccccc2)cc1F. The third-order valence-corrected chi connectivity index (χ3v) is 3.95. The molecule has 0 amide bonds. The first kappa shape index (κ1) is 19.4. The van der Waals surface area contributed by atoms with Crippen LogP contribution in [0.2, 0.25) is 0 Å². The number of hydrogen-bond acceptors (Lipinski definition) is 3. The molecule has 0 saturated carbocycles. The van der Waals surface area contributed by atoms with Gasteiger partial charge in [-0.15, -0.1) is 0 Å². The number of carboxylic acids is 1. The summed E-state index contributed by atoms with van der Waals surface area (Å²) >= 11 is 0. The van der Waals surface area contributed by atoms with E-state index in [9.17, 15) is 13.6 Å². The molecule has 0 atom stereocenters. The Morgan fingerprint density at radius 3 is 2.25 bits per heavy atom. The molecule has 3 aromatic rings. The topological polar surface area (TPSA) is 55.8 Å². The Morgan fingerprint density at radius 1 is 0.929 bits per heavy atom. The average Bonchev–Trinajstić information content (AvgIpc) is 2.67. The van der Waals surface area contributed by atoms with Crippen molar-refractivity contribution in [2.75, 3.05) is 6.61 Å². The van der Waals surface area contributed by atoms with E-state index in [4.69, 9.17) is 14.6 Å². The highest BCUT2D eigenvalue weighted by molar-refractivity contribution is 5.71. The third kappa shape index (κ3) is 4.85. The van der Waals surface area contributed by atoms with Gasteiger partial charge in [0, 0.05) is 12.0 Å². The predicted octanol–water partition coefficient (Wildman–Crippen LogP) is 5.67. The summed E-state index contributed by atoms with van der Waals surface area (Å²) in [7, 11) is 0. The summed E-state index contributed by atoms with van der Waals surface area (Å²) in [4.78, 5) is 10.5. The Labute approximate surface area is 161 Å². The van der Waals surface area contributed by atoms with Crippen LogP contribution in [0.1, 0.15) is 12.8 Å². The molecule has 6 heteroatoms. The van der Waals surface area contributed by atoms with Crippen LogP contribution in [-0.4, -0.2) is 17.7 Å². The van der Waals surface area contributed by atoms with E-state index in [-0.39, 0.29) is 19.4 Å². The van der Waals surface area contributed by atoms with E-state index in [0.717, 1.165) is 0 Å². The second kappa shape index (κ2) is 8.99. The molecule has 1 N–H and O–H groups in total. The Balaban J connectivity index is 1.83. The van der Waals surface area contributed by atoms with Crippen LogP contribution < -0.4 is 9.47 Å². The fourth-order valence-corrected chi connectivity index (χ4v) is 2.66. The minimum atomic E-state index is -0.991. The van der Waals surface area contributed by atoms with Gasteiger partial charge in [-0.2, -0.15) is 0 Å². The maximum atomic E-state index is 14.4. The standard InChI is InChI=1S/C22H18F2O4/c23-18-13-15(14-19(24)22(18)27-12-6-11-21(25)26)17-9-4-5-10-20(17)28-16-7-2-1-3-8-16/h1-5,7-10,13-14H,6,11-12H2,(H,25,26). The fraction of sp³-hybridized carbons (Fsp3) is 0.136. The first-order chi connectivity index (χ1) is 13.5. The van der Waals surface area contributed by atoms with E-state index in [0.29, 0.717) is 22.6 Å². The average molecular weight is 384 g/mol. The number of carboxylic acid groups (broad SMARTS) is 1. The van der Waals surface area contributed by atoms with Gasteiger partial charge in [-0.3, -0.25) is 4.79 Å². The molecule has 0 aliphatic rings. The number of halogens is 2. The molecular weight excluding hydrogens is 366 g/mol. The first-order valence-electron chi connectivity index (χ1n) is 8.70. The van der Waals surface area contributed by atoms with Gasteiger partial charge in [0.1, 0.15) is 11.5 Å². The maximum absolute atomic E-state index is 14.4. The van der Waals surface area contributed by atoms with Crippen LogP contribution in [-0.2, 0) is 4.79 Å². The lowest BCUT2D eigenvalue weighted by atomic mass is 10.0. The lowest BCUT2D eigenvalue weighted by Gasteiger charge is -2.13. The molecule has 0 unspecified atom stereocenters. The number of carbonyl (C=O) groups is 1. The summed E-state index contributed by atoms with van der Waals surface area (Å²) in [6.07, 6.45) is 0.0231. The molecule has 144 valence electrons. The summed E-state index contributed by atoms with van der Waals surface area (Å²) in [5.41, 5.74) is 0.834. The number of aliphatic carboxylic acids is 1. The Morgan fingerprint density at radius 2 is 1.57 bits per heavy atom. The monoisotopic (exact) mass is 384 g/mol. The van der Waals surface area contributed by atoms with Crippen molar-refractivity contribution in [2.24, 2.45) is 0 Å². The predicted molar refractivity (Wildman–Crippen MR) is 101 cm³/mol. The minimum absolute atomic E-state index is 0.0901. The molecular formula is C22H18F2O4. The van der Waals surface area contributed by atoms with E-state index in [2.05, 4.69) is 0 Å². The first-order valence-corrected chi connectivity index (χ1v) is 8.70. The van der Waals surface area contributed by atoms with Gasteiger partial charge in [0.2, 0.25) is 0 Å². The largest absolute Gasteiger partial charge is 0.488 e. The Hall–Kier alpha value is -3.41. The summed E-state index contributed by atoms with van der Waals surface area (Å²) in [6, 6.07) is 18.4. The van der Waals surface area contributed by atoms with Crippen molar-refractivity contribution in [1.82, 2.24) is 0 Å². The van der Waals surface area contributed by atoms with Gasteiger partial charge in [-0.1, -0.05) is 36.4 Å². The molecule has 0 aromatic heterocycles. The van der Waals surface area contributed by atoms with Gasteiger partial charge < -0.3 is 14.6 Å². The van der Waals surface area contributed by atoms with Crippen molar-refractivity contribution in [1.29, 1.82) is 0 Å². The van der Waals surface area contributed by atoms with Crippen LogP contribution in [0.3, 0.4) is 0 Å². The summed E-state index contributed by atoms with van der Waals surface area (Å²) < 4.78 is 39.8. The quantitative estimate of drug-likeness (QED) is 0.509. The van der Waals surface area contributed by atoms with Gasteiger partial charge in [0.15, 0.2) is 17.4 Å². The number of benzene rings is 3.